The van der Waals surface area contributed by atoms with Crippen molar-refractivity contribution in [2.45, 2.75) is 25.1 Å². The standard InChI is InChI=1S/C7H10Cl2/c1-5-2-3-6(8)7(9)4-5/h4-6H,2-3H2,1H3. The van der Waals surface area contributed by atoms with Gasteiger partial charge in [-0.15, -0.1) is 11.6 Å². The van der Waals surface area contributed by atoms with Crippen molar-refractivity contribution in [2.24, 2.45) is 5.92 Å². The number of hydrogen-bond donors (Lipinski definition) is 0. The zero-order valence-electron chi connectivity index (χ0n) is 5.40. The topological polar surface area (TPSA) is 0 Å². The molecular weight excluding hydrogens is 155 g/mol. The summed E-state index contributed by atoms with van der Waals surface area (Å²) in [7, 11) is 0. The van der Waals surface area contributed by atoms with Crippen LogP contribution >= 0.6 is 23.2 Å². The highest BCUT2D eigenvalue weighted by molar-refractivity contribution is 6.37. The predicted molar refractivity (Wildman–Crippen MR) is 42.0 cm³/mol. The van der Waals surface area contributed by atoms with Gasteiger partial charge in [0.25, 0.3) is 0 Å². The Labute approximate surface area is 65.8 Å². The Hall–Kier alpha value is 0.320. The van der Waals surface area contributed by atoms with Crippen molar-refractivity contribution in [3.05, 3.63) is 11.1 Å². The molecule has 0 aromatic carbocycles. The fourth-order valence-electron chi connectivity index (χ4n) is 1.01. The van der Waals surface area contributed by atoms with E-state index in [4.69, 9.17) is 23.2 Å². The summed E-state index contributed by atoms with van der Waals surface area (Å²) in [6, 6.07) is 0. The van der Waals surface area contributed by atoms with Gasteiger partial charge in [-0.3, -0.25) is 0 Å². The lowest BCUT2D eigenvalue weighted by molar-refractivity contribution is 0.583. The number of halogens is 2. The van der Waals surface area contributed by atoms with E-state index in [1.54, 1.807) is 0 Å². The van der Waals surface area contributed by atoms with Crippen molar-refractivity contribution in [2.75, 3.05) is 0 Å². The average Bonchev–Trinajstić information content (AvgIpc) is 1.80. The van der Waals surface area contributed by atoms with Crippen LogP contribution in [-0.4, -0.2) is 5.38 Å². The zero-order chi connectivity index (χ0) is 6.85. The molecular formula is C7H10Cl2. The summed E-state index contributed by atoms with van der Waals surface area (Å²) in [5.74, 6) is 0.618. The molecule has 1 aliphatic carbocycles. The molecule has 0 nitrogen and oxygen atoms in total. The van der Waals surface area contributed by atoms with Gasteiger partial charge in [0.05, 0.1) is 5.38 Å². The zero-order valence-corrected chi connectivity index (χ0v) is 6.91. The Bertz CT molecular complexity index is 129. The summed E-state index contributed by atoms with van der Waals surface area (Å²) in [6.07, 6.45) is 4.24. The first-order valence-corrected chi connectivity index (χ1v) is 4.03. The van der Waals surface area contributed by atoms with Gasteiger partial charge in [0.15, 0.2) is 0 Å². The van der Waals surface area contributed by atoms with Gasteiger partial charge in [-0.1, -0.05) is 24.6 Å². The summed E-state index contributed by atoms with van der Waals surface area (Å²) in [5, 5.41) is 0.915. The molecule has 0 bridgehead atoms. The van der Waals surface area contributed by atoms with Crippen LogP contribution in [0.4, 0.5) is 0 Å². The van der Waals surface area contributed by atoms with Crippen LogP contribution in [-0.2, 0) is 0 Å². The van der Waals surface area contributed by atoms with Gasteiger partial charge in [-0.25, -0.2) is 0 Å². The summed E-state index contributed by atoms with van der Waals surface area (Å²) in [5.41, 5.74) is 0. The third-order valence-electron chi connectivity index (χ3n) is 1.62. The number of hydrogen-bond acceptors (Lipinski definition) is 0. The first-order valence-electron chi connectivity index (χ1n) is 3.21. The number of rotatable bonds is 0. The van der Waals surface area contributed by atoms with Crippen LogP contribution in [0, 0.1) is 5.92 Å². The highest BCUT2D eigenvalue weighted by atomic mass is 35.5. The van der Waals surface area contributed by atoms with Crippen LogP contribution in [0.5, 0.6) is 0 Å². The molecule has 0 fully saturated rings. The molecule has 2 atom stereocenters. The summed E-state index contributed by atoms with van der Waals surface area (Å²) < 4.78 is 0. The maximum absolute atomic E-state index is 5.83. The van der Waals surface area contributed by atoms with Crippen molar-refractivity contribution in [1.82, 2.24) is 0 Å². The Kier molecular flexibility index (Phi) is 2.42. The van der Waals surface area contributed by atoms with Crippen molar-refractivity contribution >= 4 is 23.2 Å². The molecule has 0 N–H and O–H groups in total. The van der Waals surface area contributed by atoms with E-state index < -0.39 is 0 Å². The van der Waals surface area contributed by atoms with E-state index in [-0.39, 0.29) is 5.38 Å². The minimum atomic E-state index is 0.0860. The van der Waals surface area contributed by atoms with Crippen molar-refractivity contribution in [3.8, 4) is 0 Å². The SMILES string of the molecule is CC1C=C(Cl)C(Cl)CC1. The van der Waals surface area contributed by atoms with E-state index in [9.17, 15) is 0 Å². The van der Waals surface area contributed by atoms with Gasteiger partial charge in [0.2, 0.25) is 0 Å². The predicted octanol–water partition coefficient (Wildman–Crippen LogP) is 3.15. The normalized spacial score (nSPS) is 36.1. The molecule has 0 aromatic rings. The maximum atomic E-state index is 5.83. The first kappa shape index (κ1) is 7.43. The molecule has 52 valence electrons. The molecule has 0 heterocycles. The molecule has 1 rings (SSSR count). The lowest BCUT2D eigenvalue weighted by Gasteiger charge is -2.17. The van der Waals surface area contributed by atoms with Gasteiger partial charge in [-0.05, 0) is 18.8 Å². The third-order valence-corrected chi connectivity index (χ3v) is 2.57. The molecule has 0 spiro atoms. The van der Waals surface area contributed by atoms with Gasteiger partial charge in [0.1, 0.15) is 0 Å². The van der Waals surface area contributed by atoms with Gasteiger partial charge >= 0.3 is 0 Å². The molecule has 0 aromatic heterocycles. The highest BCUT2D eigenvalue weighted by Gasteiger charge is 2.16. The minimum Gasteiger partial charge on any atom is -0.117 e. The molecule has 0 radical (unpaired) electrons. The molecule has 0 amide bonds. The second-order valence-corrected chi connectivity index (χ2v) is 3.54. The Balaban J connectivity index is 2.61. The van der Waals surface area contributed by atoms with E-state index in [1.165, 1.54) is 6.42 Å². The van der Waals surface area contributed by atoms with Gasteiger partial charge in [-0.2, -0.15) is 0 Å². The first-order chi connectivity index (χ1) is 4.20. The molecule has 9 heavy (non-hydrogen) atoms. The Morgan fingerprint density at radius 3 is 2.67 bits per heavy atom. The number of allylic oxidation sites excluding steroid dienone is 2. The fraction of sp³-hybridized carbons (Fsp3) is 0.714. The van der Waals surface area contributed by atoms with E-state index in [2.05, 4.69) is 6.92 Å². The van der Waals surface area contributed by atoms with Crippen LogP contribution in [0.3, 0.4) is 0 Å². The van der Waals surface area contributed by atoms with Crippen molar-refractivity contribution in [1.29, 1.82) is 0 Å². The summed E-state index contributed by atoms with van der Waals surface area (Å²) >= 11 is 11.6. The molecule has 2 unspecified atom stereocenters. The minimum absolute atomic E-state index is 0.0860. The second-order valence-electron chi connectivity index (χ2n) is 2.57. The lowest BCUT2D eigenvalue weighted by Crippen LogP contribution is -2.08. The molecule has 2 heteroatoms. The van der Waals surface area contributed by atoms with Crippen LogP contribution in [0.2, 0.25) is 0 Å². The second kappa shape index (κ2) is 2.94. The van der Waals surface area contributed by atoms with Crippen molar-refractivity contribution < 1.29 is 0 Å². The summed E-state index contributed by atoms with van der Waals surface area (Å²) in [4.78, 5) is 0. The van der Waals surface area contributed by atoms with Gasteiger partial charge in [0, 0.05) is 5.03 Å². The van der Waals surface area contributed by atoms with E-state index >= 15 is 0 Å². The molecule has 0 saturated heterocycles. The number of alkyl halides is 1. The lowest BCUT2D eigenvalue weighted by atomic mass is 9.97. The van der Waals surface area contributed by atoms with Crippen LogP contribution < -0.4 is 0 Å². The third kappa shape index (κ3) is 1.87. The monoisotopic (exact) mass is 164 g/mol. The van der Waals surface area contributed by atoms with E-state index in [0.717, 1.165) is 11.5 Å². The Morgan fingerprint density at radius 2 is 2.22 bits per heavy atom. The summed E-state index contributed by atoms with van der Waals surface area (Å²) in [6.45, 7) is 2.16. The highest BCUT2D eigenvalue weighted by Crippen LogP contribution is 2.28. The van der Waals surface area contributed by atoms with Crippen molar-refractivity contribution in [3.63, 3.8) is 0 Å². The van der Waals surface area contributed by atoms with E-state index in [1.807, 2.05) is 6.08 Å². The molecule has 0 aliphatic heterocycles. The largest absolute Gasteiger partial charge is 0.117 e. The Morgan fingerprint density at radius 1 is 1.56 bits per heavy atom. The van der Waals surface area contributed by atoms with Crippen LogP contribution in [0.1, 0.15) is 19.8 Å². The quantitative estimate of drug-likeness (QED) is 0.483. The van der Waals surface area contributed by atoms with E-state index in [0.29, 0.717) is 5.92 Å². The van der Waals surface area contributed by atoms with Gasteiger partial charge < -0.3 is 0 Å². The van der Waals surface area contributed by atoms with Crippen LogP contribution in [0.15, 0.2) is 11.1 Å². The fourth-order valence-corrected chi connectivity index (χ4v) is 1.53. The molecule has 0 saturated carbocycles. The maximum Gasteiger partial charge on any atom is 0.0689 e. The average molecular weight is 165 g/mol. The molecule has 1 aliphatic rings. The smallest absolute Gasteiger partial charge is 0.0689 e. The van der Waals surface area contributed by atoms with Crippen LogP contribution in [0.25, 0.3) is 0 Å².